The molecule has 1 saturated heterocycles. The van der Waals surface area contributed by atoms with E-state index in [4.69, 9.17) is 5.26 Å². The first-order chi connectivity index (χ1) is 9.95. The Morgan fingerprint density at radius 1 is 1.43 bits per heavy atom. The van der Waals surface area contributed by atoms with Gasteiger partial charge < -0.3 is 4.90 Å². The Bertz CT molecular complexity index is 689. The summed E-state index contributed by atoms with van der Waals surface area (Å²) in [4.78, 5) is 13.7. The van der Waals surface area contributed by atoms with E-state index in [1.165, 1.54) is 0 Å². The molecule has 0 radical (unpaired) electrons. The predicted octanol–water partition coefficient (Wildman–Crippen LogP) is 0.722. The first-order valence-electron chi connectivity index (χ1n) is 6.38. The van der Waals surface area contributed by atoms with Gasteiger partial charge in [-0.3, -0.25) is 4.79 Å². The van der Waals surface area contributed by atoms with Crippen LogP contribution in [0.3, 0.4) is 0 Å². The number of carbonyl (C=O) groups is 1. The van der Waals surface area contributed by atoms with E-state index in [1.807, 2.05) is 6.07 Å². The van der Waals surface area contributed by atoms with Gasteiger partial charge in [-0.2, -0.15) is 9.98 Å². The Hall–Kier alpha value is -2.17. The van der Waals surface area contributed by atoms with Gasteiger partial charge in [-0.25, -0.2) is 8.42 Å². The van der Waals surface area contributed by atoms with Gasteiger partial charge in [0.1, 0.15) is 6.04 Å². The molecule has 0 saturated carbocycles. The quantitative estimate of drug-likeness (QED) is 0.868. The molecule has 1 amide bonds. The molecule has 0 spiro atoms. The SMILES string of the molecule is C=CS(=O)(=O)NC1CCN(Cc2ccc(C#N)cc2)C1=O. The van der Waals surface area contributed by atoms with E-state index >= 15 is 0 Å². The molecular formula is C14H15N3O3S. The van der Waals surface area contributed by atoms with Crippen molar-refractivity contribution in [2.45, 2.75) is 19.0 Å². The topological polar surface area (TPSA) is 90.3 Å². The summed E-state index contributed by atoms with van der Waals surface area (Å²) < 4.78 is 25.1. The summed E-state index contributed by atoms with van der Waals surface area (Å²) >= 11 is 0. The van der Waals surface area contributed by atoms with Gasteiger partial charge in [0, 0.05) is 18.5 Å². The zero-order valence-corrected chi connectivity index (χ0v) is 12.1. The Morgan fingerprint density at radius 2 is 2.10 bits per heavy atom. The predicted molar refractivity (Wildman–Crippen MR) is 77.2 cm³/mol. The van der Waals surface area contributed by atoms with Crippen molar-refractivity contribution in [1.82, 2.24) is 9.62 Å². The van der Waals surface area contributed by atoms with Crippen molar-refractivity contribution in [2.24, 2.45) is 0 Å². The fourth-order valence-electron chi connectivity index (χ4n) is 2.16. The van der Waals surface area contributed by atoms with Crippen LogP contribution in [0.15, 0.2) is 36.3 Å². The van der Waals surface area contributed by atoms with Gasteiger partial charge in [0.15, 0.2) is 0 Å². The third kappa shape index (κ3) is 3.68. The van der Waals surface area contributed by atoms with Crippen LogP contribution in [0.2, 0.25) is 0 Å². The molecule has 7 heteroatoms. The normalized spacial score (nSPS) is 18.5. The van der Waals surface area contributed by atoms with Gasteiger partial charge in [-0.1, -0.05) is 18.7 Å². The second kappa shape index (κ2) is 6.08. The molecule has 0 aliphatic carbocycles. The Balaban J connectivity index is 2.01. The second-order valence-corrected chi connectivity index (χ2v) is 6.40. The van der Waals surface area contributed by atoms with Crippen LogP contribution in [0.4, 0.5) is 0 Å². The summed E-state index contributed by atoms with van der Waals surface area (Å²) in [5.41, 5.74) is 1.46. The molecule has 110 valence electrons. The minimum Gasteiger partial charge on any atom is -0.337 e. The lowest BCUT2D eigenvalue weighted by molar-refractivity contribution is -0.129. The van der Waals surface area contributed by atoms with Gasteiger partial charge in [-0.05, 0) is 24.1 Å². The van der Waals surface area contributed by atoms with Crippen molar-refractivity contribution in [3.63, 3.8) is 0 Å². The molecule has 0 bridgehead atoms. The maximum absolute atomic E-state index is 12.1. The van der Waals surface area contributed by atoms with E-state index in [9.17, 15) is 13.2 Å². The fraction of sp³-hybridized carbons (Fsp3) is 0.286. The Morgan fingerprint density at radius 3 is 2.67 bits per heavy atom. The first-order valence-corrected chi connectivity index (χ1v) is 7.92. The largest absolute Gasteiger partial charge is 0.337 e. The Labute approximate surface area is 123 Å². The van der Waals surface area contributed by atoms with Crippen molar-refractivity contribution in [3.05, 3.63) is 47.4 Å². The average molecular weight is 305 g/mol. The molecule has 1 N–H and O–H groups in total. The number of likely N-dealkylation sites (tertiary alicyclic amines) is 1. The zero-order chi connectivity index (χ0) is 15.5. The van der Waals surface area contributed by atoms with E-state index in [-0.39, 0.29) is 5.91 Å². The maximum Gasteiger partial charge on any atom is 0.241 e. The molecule has 6 nitrogen and oxygen atoms in total. The van der Waals surface area contributed by atoms with Crippen LogP contribution in [0, 0.1) is 11.3 Å². The fourth-order valence-corrected chi connectivity index (χ4v) is 2.87. The number of hydrogen-bond donors (Lipinski definition) is 1. The van der Waals surface area contributed by atoms with Crippen LogP contribution < -0.4 is 4.72 Å². The lowest BCUT2D eigenvalue weighted by Gasteiger charge is -2.17. The van der Waals surface area contributed by atoms with Crippen LogP contribution in [0.5, 0.6) is 0 Å². The number of amides is 1. The third-order valence-corrected chi connectivity index (χ3v) is 4.33. The Kier molecular flexibility index (Phi) is 4.40. The molecule has 1 aliphatic heterocycles. The van der Waals surface area contributed by atoms with Crippen molar-refractivity contribution in [3.8, 4) is 6.07 Å². The highest BCUT2D eigenvalue weighted by Gasteiger charge is 2.33. The molecule has 1 unspecified atom stereocenters. The first kappa shape index (κ1) is 15.2. The van der Waals surface area contributed by atoms with Crippen LogP contribution in [-0.4, -0.2) is 31.8 Å². The molecule has 2 rings (SSSR count). The van der Waals surface area contributed by atoms with Crippen LogP contribution in [0.25, 0.3) is 0 Å². The van der Waals surface area contributed by atoms with E-state index in [2.05, 4.69) is 11.3 Å². The number of nitriles is 1. The number of nitrogens with zero attached hydrogens (tertiary/aromatic N) is 2. The van der Waals surface area contributed by atoms with Crippen LogP contribution in [0.1, 0.15) is 17.5 Å². The number of carbonyl (C=O) groups excluding carboxylic acids is 1. The highest BCUT2D eigenvalue weighted by Crippen LogP contribution is 2.16. The maximum atomic E-state index is 12.1. The van der Waals surface area contributed by atoms with E-state index in [0.717, 1.165) is 11.0 Å². The highest BCUT2D eigenvalue weighted by atomic mass is 32.2. The van der Waals surface area contributed by atoms with Crippen molar-refractivity contribution < 1.29 is 13.2 Å². The van der Waals surface area contributed by atoms with Gasteiger partial charge in [0.25, 0.3) is 0 Å². The lowest BCUT2D eigenvalue weighted by Crippen LogP contribution is -2.40. The van der Waals surface area contributed by atoms with Crippen LogP contribution in [-0.2, 0) is 21.4 Å². The van der Waals surface area contributed by atoms with Crippen molar-refractivity contribution in [1.29, 1.82) is 5.26 Å². The molecule has 1 atom stereocenters. The minimum absolute atomic E-state index is 0.246. The third-order valence-electron chi connectivity index (χ3n) is 3.28. The molecule has 1 heterocycles. The van der Waals surface area contributed by atoms with Gasteiger partial charge in [-0.15, -0.1) is 0 Å². The summed E-state index contributed by atoms with van der Waals surface area (Å²) in [5.74, 6) is -0.246. The van der Waals surface area contributed by atoms with Crippen LogP contribution >= 0.6 is 0 Å². The molecule has 21 heavy (non-hydrogen) atoms. The summed E-state index contributed by atoms with van der Waals surface area (Å²) in [5, 5.41) is 9.53. The molecule has 1 fully saturated rings. The number of hydrogen-bond acceptors (Lipinski definition) is 4. The number of benzene rings is 1. The standard InChI is InChI=1S/C14H15N3O3S/c1-2-21(19,20)16-13-7-8-17(14(13)18)10-12-5-3-11(9-15)4-6-12/h2-6,13,16H,1,7-8,10H2. The zero-order valence-electron chi connectivity index (χ0n) is 11.3. The van der Waals surface area contributed by atoms with E-state index in [0.29, 0.717) is 25.1 Å². The smallest absolute Gasteiger partial charge is 0.241 e. The molecule has 1 aliphatic rings. The van der Waals surface area contributed by atoms with Crippen molar-refractivity contribution in [2.75, 3.05) is 6.54 Å². The number of nitrogens with one attached hydrogen (secondary N) is 1. The minimum atomic E-state index is -3.61. The number of rotatable bonds is 5. The molecule has 0 aromatic heterocycles. The second-order valence-electron chi connectivity index (χ2n) is 4.74. The van der Waals surface area contributed by atoms with Gasteiger partial charge >= 0.3 is 0 Å². The van der Waals surface area contributed by atoms with Crippen molar-refractivity contribution >= 4 is 15.9 Å². The summed E-state index contributed by atoms with van der Waals surface area (Å²) in [6.45, 7) is 4.09. The lowest BCUT2D eigenvalue weighted by atomic mass is 10.1. The molecule has 1 aromatic carbocycles. The summed E-state index contributed by atoms with van der Waals surface area (Å²) in [7, 11) is -3.61. The van der Waals surface area contributed by atoms with E-state index < -0.39 is 16.1 Å². The summed E-state index contributed by atoms with van der Waals surface area (Å²) in [6.07, 6.45) is 0.433. The van der Waals surface area contributed by atoms with Gasteiger partial charge in [0.2, 0.25) is 15.9 Å². The number of sulfonamides is 1. The molecule has 1 aromatic rings. The highest BCUT2D eigenvalue weighted by molar-refractivity contribution is 7.92. The summed E-state index contributed by atoms with van der Waals surface area (Å²) in [6, 6.07) is 8.25. The molecular weight excluding hydrogens is 290 g/mol. The average Bonchev–Trinajstić information content (AvgIpc) is 2.81. The van der Waals surface area contributed by atoms with Gasteiger partial charge in [0.05, 0.1) is 11.6 Å². The monoisotopic (exact) mass is 305 g/mol. The van der Waals surface area contributed by atoms with E-state index in [1.54, 1.807) is 29.2 Å².